The van der Waals surface area contributed by atoms with Gasteiger partial charge >= 0.3 is 0 Å². The molecule has 2 aromatic carbocycles. The van der Waals surface area contributed by atoms with E-state index in [1.165, 1.54) is 0 Å². The molecule has 0 saturated heterocycles. The minimum absolute atomic E-state index is 0.187. The number of aromatic hydroxyl groups is 1. The van der Waals surface area contributed by atoms with Gasteiger partial charge in [-0.3, -0.25) is 0 Å². The van der Waals surface area contributed by atoms with Crippen molar-refractivity contribution in [2.45, 2.75) is 0 Å². The van der Waals surface area contributed by atoms with Crippen molar-refractivity contribution >= 4 is 0 Å². The van der Waals surface area contributed by atoms with Gasteiger partial charge in [-0.1, -0.05) is 60.7 Å². The molecule has 1 heterocycles. The summed E-state index contributed by atoms with van der Waals surface area (Å²) >= 11 is 0. The van der Waals surface area contributed by atoms with E-state index in [9.17, 15) is 5.11 Å². The van der Waals surface area contributed by atoms with Crippen LogP contribution < -0.4 is 0 Å². The SMILES string of the molecule is Oc1c(-c2ccccc2)coc1-c1ccccc1. The Labute approximate surface area is 105 Å². The number of rotatable bonds is 2. The third-order valence-corrected chi connectivity index (χ3v) is 2.89. The van der Waals surface area contributed by atoms with Crippen LogP contribution in [-0.2, 0) is 0 Å². The number of hydrogen-bond acceptors (Lipinski definition) is 2. The predicted molar refractivity (Wildman–Crippen MR) is 71.2 cm³/mol. The molecule has 3 aromatic rings. The topological polar surface area (TPSA) is 33.4 Å². The summed E-state index contributed by atoms with van der Waals surface area (Å²) in [7, 11) is 0. The smallest absolute Gasteiger partial charge is 0.176 e. The second kappa shape index (κ2) is 4.41. The fourth-order valence-corrected chi connectivity index (χ4v) is 1.97. The molecule has 1 aromatic heterocycles. The summed E-state index contributed by atoms with van der Waals surface area (Å²) in [6.45, 7) is 0. The van der Waals surface area contributed by atoms with Crippen molar-refractivity contribution in [2.75, 3.05) is 0 Å². The standard InChI is InChI=1S/C16H12O2/c17-15-14(12-7-3-1-4-8-12)11-18-16(15)13-9-5-2-6-10-13/h1-11,17H. The Kier molecular flexibility index (Phi) is 2.61. The summed E-state index contributed by atoms with van der Waals surface area (Å²) in [6.07, 6.45) is 1.59. The lowest BCUT2D eigenvalue weighted by molar-refractivity contribution is 0.466. The van der Waals surface area contributed by atoms with Crippen LogP contribution in [0.25, 0.3) is 22.5 Å². The summed E-state index contributed by atoms with van der Waals surface area (Å²) in [5.41, 5.74) is 2.53. The van der Waals surface area contributed by atoms with Crippen LogP contribution >= 0.6 is 0 Å². The van der Waals surface area contributed by atoms with E-state index < -0.39 is 0 Å². The number of benzene rings is 2. The van der Waals surface area contributed by atoms with Gasteiger partial charge in [0.15, 0.2) is 11.5 Å². The average Bonchev–Trinajstić information content (AvgIpc) is 2.83. The zero-order chi connectivity index (χ0) is 12.4. The number of furan rings is 1. The van der Waals surface area contributed by atoms with Gasteiger partial charge in [-0.15, -0.1) is 0 Å². The van der Waals surface area contributed by atoms with Crippen LogP contribution in [0.4, 0.5) is 0 Å². The Morgan fingerprint density at radius 2 is 1.28 bits per heavy atom. The van der Waals surface area contributed by atoms with E-state index in [2.05, 4.69) is 0 Å². The van der Waals surface area contributed by atoms with Gasteiger partial charge in [0.1, 0.15) is 6.26 Å². The molecule has 3 rings (SSSR count). The van der Waals surface area contributed by atoms with Crippen LogP contribution in [0, 0.1) is 0 Å². The molecule has 0 atom stereocenters. The van der Waals surface area contributed by atoms with Gasteiger partial charge in [0, 0.05) is 5.56 Å². The molecule has 0 aliphatic rings. The maximum absolute atomic E-state index is 10.2. The zero-order valence-electron chi connectivity index (χ0n) is 9.71. The first-order valence-corrected chi connectivity index (χ1v) is 5.77. The molecule has 0 amide bonds. The molecular formula is C16H12O2. The van der Waals surface area contributed by atoms with E-state index in [1.807, 2.05) is 60.7 Å². The zero-order valence-corrected chi connectivity index (χ0v) is 9.71. The Bertz CT molecular complexity index is 582. The van der Waals surface area contributed by atoms with Crippen molar-refractivity contribution in [2.24, 2.45) is 0 Å². The molecule has 0 spiro atoms. The molecule has 2 nitrogen and oxygen atoms in total. The van der Waals surface area contributed by atoms with Gasteiger partial charge in [0.25, 0.3) is 0 Å². The van der Waals surface area contributed by atoms with Gasteiger partial charge < -0.3 is 9.52 Å². The monoisotopic (exact) mass is 236 g/mol. The van der Waals surface area contributed by atoms with Gasteiger partial charge in [-0.2, -0.15) is 0 Å². The first-order valence-electron chi connectivity index (χ1n) is 5.77. The highest BCUT2D eigenvalue weighted by molar-refractivity contribution is 5.78. The quantitative estimate of drug-likeness (QED) is 0.718. The summed E-state index contributed by atoms with van der Waals surface area (Å²) in [5, 5.41) is 10.2. The van der Waals surface area contributed by atoms with E-state index in [4.69, 9.17) is 4.42 Å². The molecule has 0 aliphatic carbocycles. The van der Waals surface area contributed by atoms with Crippen molar-refractivity contribution in [1.29, 1.82) is 0 Å². The molecule has 88 valence electrons. The van der Waals surface area contributed by atoms with E-state index >= 15 is 0 Å². The maximum Gasteiger partial charge on any atom is 0.176 e. The Hall–Kier alpha value is -2.48. The lowest BCUT2D eigenvalue weighted by Gasteiger charge is -1.99. The van der Waals surface area contributed by atoms with Crippen molar-refractivity contribution in [1.82, 2.24) is 0 Å². The minimum atomic E-state index is 0.187. The Morgan fingerprint density at radius 1 is 0.722 bits per heavy atom. The second-order valence-electron chi connectivity index (χ2n) is 4.06. The van der Waals surface area contributed by atoms with Crippen LogP contribution in [0.15, 0.2) is 71.3 Å². The summed E-state index contributed by atoms with van der Waals surface area (Å²) in [4.78, 5) is 0. The van der Waals surface area contributed by atoms with Crippen LogP contribution in [0.5, 0.6) is 5.75 Å². The molecule has 0 aliphatic heterocycles. The van der Waals surface area contributed by atoms with E-state index in [0.29, 0.717) is 5.76 Å². The molecular weight excluding hydrogens is 224 g/mol. The highest BCUT2D eigenvalue weighted by Crippen LogP contribution is 2.39. The van der Waals surface area contributed by atoms with Crippen molar-refractivity contribution in [3.63, 3.8) is 0 Å². The lowest BCUT2D eigenvalue weighted by atomic mass is 10.1. The molecule has 2 heteroatoms. The molecule has 0 unspecified atom stereocenters. The van der Waals surface area contributed by atoms with Gasteiger partial charge in [0.05, 0.1) is 5.56 Å². The first-order chi connectivity index (χ1) is 8.86. The average molecular weight is 236 g/mol. The minimum Gasteiger partial charge on any atom is -0.504 e. The van der Waals surface area contributed by atoms with E-state index in [-0.39, 0.29) is 5.75 Å². The lowest BCUT2D eigenvalue weighted by Crippen LogP contribution is -1.75. The largest absolute Gasteiger partial charge is 0.504 e. The highest BCUT2D eigenvalue weighted by atomic mass is 16.4. The predicted octanol–water partition coefficient (Wildman–Crippen LogP) is 4.32. The molecule has 0 saturated carbocycles. The van der Waals surface area contributed by atoms with Gasteiger partial charge in [0.2, 0.25) is 0 Å². The fraction of sp³-hybridized carbons (Fsp3) is 0. The van der Waals surface area contributed by atoms with Crippen molar-refractivity contribution < 1.29 is 9.52 Å². The fourth-order valence-electron chi connectivity index (χ4n) is 1.97. The summed E-state index contributed by atoms with van der Waals surface area (Å²) in [5.74, 6) is 0.696. The summed E-state index contributed by atoms with van der Waals surface area (Å²) in [6, 6.07) is 19.3. The van der Waals surface area contributed by atoms with Crippen LogP contribution in [0.3, 0.4) is 0 Å². The van der Waals surface area contributed by atoms with Crippen LogP contribution in [0.1, 0.15) is 0 Å². The molecule has 18 heavy (non-hydrogen) atoms. The second-order valence-corrected chi connectivity index (χ2v) is 4.06. The van der Waals surface area contributed by atoms with Crippen LogP contribution in [0.2, 0.25) is 0 Å². The maximum atomic E-state index is 10.2. The molecule has 1 N–H and O–H groups in total. The van der Waals surface area contributed by atoms with Crippen molar-refractivity contribution in [3.8, 4) is 28.2 Å². The normalized spacial score (nSPS) is 10.4. The summed E-state index contributed by atoms with van der Waals surface area (Å²) < 4.78 is 5.49. The van der Waals surface area contributed by atoms with Crippen molar-refractivity contribution in [3.05, 3.63) is 66.9 Å². The van der Waals surface area contributed by atoms with E-state index in [1.54, 1.807) is 6.26 Å². The molecule has 0 radical (unpaired) electrons. The van der Waals surface area contributed by atoms with Gasteiger partial charge in [-0.05, 0) is 5.56 Å². The first kappa shape index (κ1) is 10.7. The highest BCUT2D eigenvalue weighted by Gasteiger charge is 2.15. The molecule has 0 bridgehead atoms. The number of hydrogen-bond donors (Lipinski definition) is 1. The third kappa shape index (κ3) is 1.78. The Balaban J connectivity index is 2.09. The molecule has 0 fully saturated rings. The Morgan fingerprint density at radius 3 is 1.89 bits per heavy atom. The third-order valence-electron chi connectivity index (χ3n) is 2.89. The van der Waals surface area contributed by atoms with Gasteiger partial charge in [-0.25, -0.2) is 0 Å². The van der Waals surface area contributed by atoms with E-state index in [0.717, 1.165) is 16.7 Å². The van der Waals surface area contributed by atoms with Crippen LogP contribution in [-0.4, -0.2) is 5.11 Å².